The van der Waals surface area contributed by atoms with E-state index >= 15 is 0 Å². The average Bonchev–Trinajstić information content (AvgIpc) is 3.29. The second-order valence-corrected chi connectivity index (χ2v) is 6.55. The fourth-order valence-corrected chi connectivity index (χ4v) is 3.26. The molecule has 5 aromatic rings. The lowest BCUT2D eigenvalue weighted by Gasteiger charge is -2.08. The number of carbonyl (C=O) groups is 1. The molecule has 3 heterocycles. The SMILES string of the molecule is Cc1noc2nc(-c3ccccc3)cc(C(=O)Nc3ccc4oc(=O)[nH]c4c3)c12. The molecule has 8 heteroatoms. The first kappa shape index (κ1) is 16.9. The minimum Gasteiger partial charge on any atom is -0.408 e. The number of benzene rings is 2. The summed E-state index contributed by atoms with van der Waals surface area (Å²) in [5, 5.41) is 7.36. The summed E-state index contributed by atoms with van der Waals surface area (Å²) in [4.78, 5) is 31.5. The summed E-state index contributed by atoms with van der Waals surface area (Å²) in [5.41, 5.74) is 4.16. The molecule has 0 aliphatic rings. The summed E-state index contributed by atoms with van der Waals surface area (Å²) >= 11 is 0. The lowest BCUT2D eigenvalue weighted by Crippen LogP contribution is -2.13. The monoisotopic (exact) mass is 386 g/mol. The third kappa shape index (κ3) is 2.96. The van der Waals surface area contributed by atoms with Crippen molar-refractivity contribution in [2.24, 2.45) is 0 Å². The van der Waals surface area contributed by atoms with Crippen molar-refractivity contribution in [3.05, 3.63) is 76.4 Å². The maximum atomic E-state index is 13.1. The summed E-state index contributed by atoms with van der Waals surface area (Å²) in [5.74, 6) is -0.891. The van der Waals surface area contributed by atoms with E-state index in [1.165, 1.54) is 0 Å². The first-order valence-electron chi connectivity index (χ1n) is 8.85. The second kappa shape index (κ2) is 6.45. The zero-order valence-electron chi connectivity index (χ0n) is 15.2. The molecule has 0 saturated carbocycles. The van der Waals surface area contributed by atoms with Gasteiger partial charge in [-0.3, -0.25) is 9.78 Å². The number of pyridine rings is 1. The van der Waals surface area contributed by atoms with Crippen LogP contribution < -0.4 is 11.1 Å². The van der Waals surface area contributed by atoms with Gasteiger partial charge in [0.1, 0.15) is 0 Å². The van der Waals surface area contributed by atoms with E-state index in [4.69, 9.17) is 8.94 Å². The highest BCUT2D eigenvalue weighted by Gasteiger charge is 2.19. The normalized spacial score (nSPS) is 11.2. The predicted molar refractivity (Wildman–Crippen MR) is 107 cm³/mol. The average molecular weight is 386 g/mol. The maximum absolute atomic E-state index is 13.1. The molecule has 0 atom stereocenters. The first-order valence-corrected chi connectivity index (χ1v) is 8.85. The molecule has 0 aliphatic heterocycles. The molecule has 0 radical (unpaired) electrons. The van der Waals surface area contributed by atoms with Gasteiger partial charge in [-0.2, -0.15) is 0 Å². The Hall–Kier alpha value is -4.20. The summed E-state index contributed by atoms with van der Waals surface area (Å²) in [7, 11) is 0. The third-order valence-electron chi connectivity index (χ3n) is 4.61. The highest BCUT2D eigenvalue weighted by Crippen LogP contribution is 2.28. The maximum Gasteiger partial charge on any atom is 0.417 e. The smallest absolute Gasteiger partial charge is 0.408 e. The van der Waals surface area contributed by atoms with E-state index in [9.17, 15) is 9.59 Å². The highest BCUT2D eigenvalue weighted by molar-refractivity contribution is 6.13. The van der Waals surface area contributed by atoms with E-state index < -0.39 is 5.76 Å². The molecule has 0 aliphatic carbocycles. The number of carbonyl (C=O) groups excluding carboxylic acids is 1. The molecule has 0 fully saturated rings. The molecule has 0 unspecified atom stereocenters. The number of aromatic nitrogens is 3. The number of nitrogens with zero attached hydrogens (tertiary/aromatic N) is 2. The Labute approximate surface area is 163 Å². The van der Waals surface area contributed by atoms with E-state index in [0.717, 1.165) is 5.56 Å². The number of fused-ring (bicyclic) bond motifs is 2. The van der Waals surface area contributed by atoms with Crippen LogP contribution >= 0.6 is 0 Å². The van der Waals surface area contributed by atoms with Crippen LogP contribution in [0.15, 0.2) is 68.3 Å². The minimum absolute atomic E-state index is 0.295. The number of H-pyrrole nitrogens is 1. The van der Waals surface area contributed by atoms with Crippen LogP contribution in [0.25, 0.3) is 33.5 Å². The Kier molecular flexibility index (Phi) is 3.77. The summed E-state index contributed by atoms with van der Waals surface area (Å²) in [6.07, 6.45) is 0. The molecular weight excluding hydrogens is 372 g/mol. The van der Waals surface area contributed by atoms with E-state index in [1.54, 1.807) is 31.2 Å². The van der Waals surface area contributed by atoms with Crippen molar-refractivity contribution >= 4 is 33.8 Å². The molecule has 3 aromatic heterocycles. The van der Waals surface area contributed by atoms with Gasteiger partial charge in [-0.1, -0.05) is 35.5 Å². The zero-order chi connectivity index (χ0) is 20.0. The van der Waals surface area contributed by atoms with Gasteiger partial charge in [0.15, 0.2) is 5.58 Å². The van der Waals surface area contributed by atoms with Gasteiger partial charge in [-0.25, -0.2) is 9.78 Å². The summed E-state index contributed by atoms with van der Waals surface area (Å²) in [6.45, 7) is 1.76. The second-order valence-electron chi connectivity index (χ2n) is 6.55. The number of aryl methyl sites for hydroxylation is 1. The minimum atomic E-state index is -0.549. The van der Waals surface area contributed by atoms with Crippen LogP contribution in [0.2, 0.25) is 0 Å². The van der Waals surface area contributed by atoms with Crippen LogP contribution in [0, 0.1) is 6.92 Å². The number of hydrogen-bond donors (Lipinski definition) is 2. The van der Waals surface area contributed by atoms with Crippen LogP contribution in [0.1, 0.15) is 16.1 Å². The molecule has 8 nitrogen and oxygen atoms in total. The van der Waals surface area contributed by atoms with Crippen molar-refractivity contribution in [2.75, 3.05) is 5.32 Å². The van der Waals surface area contributed by atoms with Gasteiger partial charge in [0.2, 0.25) is 0 Å². The van der Waals surface area contributed by atoms with Crippen LogP contribution in [0.3, 0.4) is 0 Å². The number of nitrogens with one attached hydrogen (secondary N) is 2. The van der Waals surface area contributed by atoms with Crippen molar-refractivity contribution in [3.8, 4) is 11.3 Å². The van der Waals surface area contributed by atoms with Gasteiger partial charge in [-0.15, -0.1) is 0 Å². The lowest BCUT2D eigenvalue weighted by molar-refractivity contribution is 0.102. The molecule has 0 bridgehead atoms. The zero-order valence-corrected chi connectivity index (χ0v) is 15.2. The van der Waals surface area contributed by atoms with Gasteiger partial charge in [0.05, 0.1) is 27.9 Å². The molecule has 1 amide bonds. The number of amides is 1. The Bertz CT molecular complexity index is 1430. The van der Waals surface area contributed by atoms with E-state index in [0.29, 0.717) is 44.8 Å². The molecule has 142 valence electrons. The van der Waals surface area contributed by atoms with Gasteiger partial charge in [0.25, 0.3) is 11.6 Å². The van der Waals surface area contributed by atoms with E-state index in [-0.39, 0.29) is 5.91 Å². The van der Waals surface area contributed by atoms with Crippen molar-refractivity contribution in [1.82, 2.24) is 15.1 Å². The van der Waals surface area contributed by atoms with E-state index in [1.807, 2.05) is 30.3 Å². The number of anilines is 1. The van der Waals surface area contributed by atoms with Gasteiger partial charge in [0, 0.05) is 11.3 Å². The summed E-state index contributed by atoms with van der Waals surface area (Å²) < 4.78 is 10.3. The van der Waals surface area contributed by atoms with Crippen molar-refractivity contribution in [2.45, 2.75) is 6.92 Å². The van der Waals surface area contributed by atoms with Crippen molar-refractivity contribution < 1.29 is 13.7 Å². The van der Waals surface area contributed by atoms with Crippen LogP contribution in [0.5, 0.6) is 0 Å². The van der Waals surface area contributed by atoms with Gasteiger partial charge >= 0.3 is 5.76 Å². The number of oxazole rings is 1. The van der Waals surface area contributed by atoms with Crippen LogP contribution in [-0.4, -0.2) is 21.0 Å². The van der Waals surface area contributed by atoms with Crippen LogP contribution in [0.4, 0.5) is 5.69 Å². The molecule has 5 rings (SSSR count). The summed E-state index contributed by atoms with van der Waals surface area (Å²) in [6, 6.07) is 16.1. The predicted octanol–water partition coefficient (Wildman–Crippen LogP) is 3.89. The Morgan fingerprint density at radius 1 is 1.10 bits per heavy atom. The first-order chi connectivity index (χ1) is 14.1. The third-order valence-corrected chi connectivity index (χ3v) is 4.61. The van der Waals surface area contributed by atoms with Crippen molar-refractivity contribution in [1.29, 1.82) is 0 Å². The molecular formula is C21H14N4O4. The molecule has 2 N–H and O–H groups in total. The van der Waals surface area contributed by atoms with Crippen molar-refractivity contribution in [3.63, 3.8) is 0 Å². The fourth-order valence-electron chi connectivity index (χ4n) is 3.26. The Balaban J connectivity index is 1.59. The quantitative estimate of drug-likeness (QED) is 0.486. The fraction of sp³-hybridized carbons (Fsp3) is 0.0476. The number of rotatable bonds is 3. The molecule has 29 heavy (non-hydrogen) atoms. The van der Waals surface area contributed by atoms with Gasteiger partial charge in [-0.05, 0) is 31.2 Å². The number of hydrogen-bond acceptors (Lipinski definition) is 6. The largest absolute Gasteiger partial charge is 0.417 e. The highest BCUT2D eigenvalue weighted by atomic mass is 16.5. The van der Waals surface area contributed by atoms with Crippen LogP contribution in [-0.2, 0) is 0 Å². The standard InChI is InChI=1S/C21H14N4O4/c1-11-18-14(10-15(23-20(18)29-25-11)12-5-3-2-4-6-12)19(26)22-13-7-8-17-16(9-13)24-21(27)28-17/h2-10H,1H3,(H,22,26)(H,24,27). The van der Waals surface area contributed by atoms with E-state index in [2.05, 4.69) is 20.4 Å². The topological polar surface area (TPSA) is 114 Å². The number of aromatic amines is 1. The Morgan fingerprint density at radius 2 is 1.93 bits per heavy atom. The molecule has 2 aromatic carbocycles. The Morgan fingerprint density at radius 3 is 2.76 bits per heavy atom. The molecule has 0 saturated heterocycles. The molecule has 0 spiro atoms. The lowest BCUT2D eigenvalue weighted by atomic mass is 10.0. The van der Waals surface area contributed by atoms with Gasteiger partial charge < -0.3 is 14.3 Å².